The van der Waals surface area contributed by atoms with Gasteiger partial charge in [0.2, 0.25) is 17.8 Å². The second kappa shape index (κ2) is 8.48. The summed E-state index contributed by atoms with van der Waals surface area (Å²) in [6, 6.07) is -0.0947. The van der Waals surface area contributed by atoms with Crippen molar-refractivity contribution in [3.8, 4) is 0 Å². The Bertz CT molecular complexity index is 567. The summed E-state index contributed by atoms with van der Waals surface area (Å²) in [4.78, 5) is 19.7. The SMILES string of the molecule is CN(CCO)c1nc(N2C[C@H](N)C[C@H](N)C2)nc(N2C[C@H](N)C[C@H](N)C2)n1. The lowest BCUT2D eigenvalue weighted by Crippen LogP contribution is -2.54. The molecule has 11 nitrogen and oxygen atoms in total. The number of nitrogens with zero attached hydrogens (tertiary/aromatic N) is 6. The van der Waals surface area contributed by atoms with Crippen molar-refractivity contribution in [2.24, 2.45) is 22.9 Å². The van der Waals surface area contributed by atoms with Crippen molar-refractivity contribution in [2.75, 3.05) is 61.1 Å². The Labute approximate surface area is 159 Å². The van der Waals surface area contributed by atoms with Gasteiger partial charge in [-0.3, -0.25) is 0 Å². The highest BCUT2D eigenvalue weighted by Crippen LogP contribution is 2.23. The van der Waals surface area contributed by atoms with E-state index in [-0.39, 0.29) is 30.8 Å². The van der Waals surface area contributed by atoms with Gasteiger partial charge in [-0.2, -0.15) is 15.0 Å². The third-order valence-electron chi connectivity index (χ3n) is 4.97. The van der Waals surface area contributed by atoms with Gasteiger partial charge in [-0.05, 0) is 12.8 Å². The lowest BCUT2D eigenvalue weighted by molar-refractivity contribution is 0.303. The van der Waals surface area contributed by atoms with Gasteiger partial charge in [0.05, 0.1) is 6.61 Å². The molecular weight excluding hydrogens is 348 g/mol. The summed E-state index contributed by atoms with van der Waals surface area (Å²) in [5.74, 6) is 1.57. The van der Waals surface area contributed by atoms with E-state index in [4.69, 9.17) is 22.9 Å². The number of rotatable bonds is 5. The quantitative estimate of drug-likeness (QED) is 0.353. The lowest BCUT2D eigenvalue weighted by Gasteiger charge is -2.37. The molecule has 1 aromatic rings. The monoisotopic (exact) mass is 380 g/mol. The number of likely N-dealkylation sites (N-methyl/N-ethyl adjacent to an activating group) is 1. The minimum absolute atomic E-state index is 0.00573. The molecule has 11 heteroatoms. The Balaban J connectivity index is 1.93. The van der Waals surface area contributed by atoms with Gasteiger partial charge >= 0.3 is 0 Å². The number of anilines is 3. The zero-order valence-corrected chi connectivity index (χ0v) is 15.9. The summed E-state index contributed by atoms with van der Waals surface area (Å²) >= 11 is 0. The number of aliphatic hydroxyl groups is 1. The Morgan fingerprint density at radius 2 is 1.26 bits per heavy atom. The number of hydrogen-bond donors (Lipinski definition) is 5. The zero-order chi connectivity index (χ0) is 19.6. The van der Waals surface area contributed by atoms with Crippen LogP contribution in [0.25, 0.3) is 0 Å². The fourth-order valence-electron chi connectivity index (χ4n) is 3.73. The summed E-state index contributed by atoms with van der Waals surface area (Å²) in [5, 5.41) is 9.27. The average molecular weight is 381 g/mol. The van der Waals surface area contributed by atoms with Crippen LogP contribution in [0.3, 0.4) is 0 Å². The molecule has 0 aromatic carbocycles. The maximum atomic E-state index is 9.27. The zero-order valence-electron chi connectivity index (χ0n) is 15.9. The molecule has 4 atom stereocenters. The van der Waals surface area contributed by atoms with E-state index in [9.17, 15) is 5.11 Å². The standard InChI is InChI=1S/C16H32N10O/c1-24(2-3-27)14-21-15(25-6-10(17)4-11(18)7-25)23-16(22-14)26-8-12(19)5-13(20)9-26/h10-13,27H,2-9,17-20H2,1H3/t10-,11+,12-,13+. The highest BCUT2D eigenvalue weighted by Gasteiger charge is 2.29. The summed E-state index contributed by atoms with van der Waals surface area (Å²) < 4.78 is 0. The summed E-state index contributed by atoms with van der Waals surface area (Å²) in [6.07, 6.45) is 1.56. The molecule has 0 spiro atoms. The molecule has 1 aromatic heterocycles. The summed E-state index contributed by atoms with van der Waals surface area (Å²) in [7, 11) is 1.83. The first-order valence-electron chi connectivity index (χ1n) is 9.46. The van der Waals surface area contributed by atoms with Gasteiger partial charge in [0.15, 0.2) is 0 Å². The van der Waals surface area contributed by atoms with Crippen molar-refractivity contribution in [3.05, 3.63) is 0 Å². The van der Waals surface area contributed by atoms with Gasteiger partial charge in [0, 0.05) is 63.9 Å². The largest absolute Gasteiger partial charge is 0.395 e. The van der Waals surface area contributed by atoms with Crippen LogP contribution in [0.4, 0.5) is 17.8 Å². The minimum atomic E-state index is -0.0237. The summed E-state index contributed by atoms with van der Waals surface area (Å²) in [6.45, 7) is 2.98. The van der Waals surface area contributed by atoms with Crippen LogP contribution in [-0.4, -0.2) is 90.6 Å². The van der Waals surface area contributed by atoms with E-state index >= 15 is 0 Å². The Kier molecular flexibility index (Phi) is 6.27. The van der Waals surface area contributed by atoms with Crippen LogP contribution in [0.1, 0.15) is 12.8 Å². The van der Waals surface area contributed by atoms with E-state index < -0.39 is 0 Å². The van der Waals surface area contributed by atoms with Gasteiger partial charge in [0.1, 0.15) is 0 Å². The predicted molar refractivity (Wildman–Crippen MR) is 106 cm³/mol. The number of piperidine rings is 2. The maximum absolute atomic E-state index is 9.27. The van der Waals surface area contributed by atoms with E-state index in [0.717, 1.165) is 12.8 Å². The van der Waals surface area contributed by atoms with Crippen molar-refractivity contribution < 1.29 is 5.11 Å². The van der Waals surface area contributed by atoms with Crippen LogP contribution in [0, 0.1) is 0 Å². The number of nitrogens with two attached hydrogens (primary N) is 4. The van der Waals surface area contributed by atoms with Crippen LogP contribution in [0.5, 0.6) is 0 Å². The van der Waals surface area contributed by atoms with Crippen LogP contribution in [-0.2, 0) is 0 Å². The second-order valence-electron chi connectivity index (χ2n) is 7.70. The molecule has 27 heavy (non-hydrogen) atoms. The van der Waals surface area contributed by atoms with Crippen LogP contribution >= 0.6 is 0 Å². The smallest absolute Gasteiger partial charge is 0.232 e. The molecule has 0 radical (unpaired) electrons. The predicted octanol–water partition coefficient (Wildman–Crippen LogP) is -2.97. The fraction of sp³-hybridized carbons (Fsp3) is 0.812. The molecule has 2 aliphatic rings. The third kappa shape index (κ3) is 4.93. The molecule has 0 amide bonds. The van der Waals surface area contributed by atoms with Crippen molar-refractivity contribution in [2.45, 2.75) is 37.0 Å². The molecule has 2 fully saturated rings. The van der Waals surface area contributed by atoms with Crippen LogP contribution in [0.2, 0.25) is 0 Å². The number of aliphatic hydroxyl groups excluding tert-OH is 1. The third-order valence-corrected chi connectivity index (χ3v) is 4.97. The first kappa shape index (κ1) is 20.0. The summed E-state index contributed by atoms with van der Waals surface area (Å²) in [5.41, 5.74) is 24.5. The normalized spacial score (nSPS) is 29.1. The molecule has 0 aliphatic carbocycles. The van der Waals surface area contributed by atoms with Crippen LogP contribution < -0.4 is 37.6 Å². The maximum Gasteiger partial charge on any atom is 0.232 e. The van der Waals surface area contributed by atoms with Crippen molar-refractivity contribution >= 4 is 17.8 Å². The lowest BCUT2D eigenvalue weighted by atomic mass is 10.0. The minimum Gasteiger partial charge on any atom is -0.395 e. The first-order valence-corrected chi connectivity index (χ1v) is 9.46. The second-order valence-corrected chi connectivity index (χ2v) is 7.70. The molecule has 3 rings (SSSR count). The van der Waals surface area contributed by atoms with Crippen molar-refractivity contribution in [3.63, 3.8) is 0 Å². The fourth-order valence-corrected chi connectivity index (χ4v) is 3.73. The first-order chi connectivity index (χ1) is 12.9. The molecule has 0 bridgehead atoms. The van der Waals surface area contributed by atoms with Crippen molar-refractivity contribution in [1.29, 1.82) is 0 Å². The van der Waals surface area contributed by atoms with Gasteiger partial charge < -0.3 is 42.7 Å². The van der Waals surface area contributed by atoms with Gasteiger partial charge in [-0.25, -0.2) is 0 Å². The van der Waals surface area contributed by atoms with Gasteiger partial charge in [-0.1, -0.05) is 0 Å². The van der Waals surface area contributed by atoms with Crippen molar-refractivity contribution in [1.82, 2.24) is 15.0 Å². The molecule has 0 saturated carbocycles. The van der Waals surface area contributed by atoms with E-state index in [1.54, 1.807) is 4.90 Å². The highest BCUT2D eigenvalue weighted by molar-refractivity contribution is 5.47. The Morgan fingerprint density at radius 3 is 1.63 bits per heavy atom. The van der Waals surface area contributed by atoms with Gasteiger partial charge in [0.25, 0.3) is 0 Å². The average Bonchev–Trinajstić information content (AvgIpc) is 2.60. The number of hydrogen-bond acceptors (Lipinski definition) is 11. The molecular formula is C16H32N10O. The van der Waals surface area contributed by atoms with E-state index in [1.165, 1.54) is 0 Å². The topological polar surface area (TPSA) is 173 Å². The van der Waals surface area contributed by atoms with E-state index in [1.807, 2.05) is 16.8 Å². The molecule has 9 N–H and O–H groups in total. The molecule has 0 unspecified atom stereocenters. The Hall–Kier alpha value is -1.79. The number of aromatic nitrogens is 3. The van der Waals surface area contributed by atoms with E-state index in [2.05, 4.69) is 15.0 Å². The Morgan fingerprint density at radius 1 is 0.852 bits per heavy atom. The molecule has 3 heterocycles. The van der Waals surface area contributed by atoms with Gasteiger partial charge in [-0.15, -0.1) is 0 Å². The highest BCUT2D eigenvalue weighted by atomic mass is 16.3. The molecule has 2 saturated heterocycles. The van der Waals surface area contributed by atoms with Crippen LogP contribution in [0.15, 0.2) is 0 Å². The molecule has 152 valence electrons. The van der Waals surface area contributed by atoms with E-state index in [0.29, 0.717) is 50.6 Å². The molecule has 2 aliphatic heterocycles.